The summed E-state index contributed by atoms with van der Waals surface area (Å²) in [6.07, 6.45) is 22.6. The first kappa shape index (κ1) is 38.6. The third kappa shape index (κ3) is 12.0. The maximum atomic E-state index is 13.5. The maximum Gasteiger partial charge on any atom is 0.417 e. The third-order valence-corrected chi connectivity index (χ3v) is 12.0. The van der Waals surface area contributed by atoms with Crippen molar-refractivity contribution in [1.29, 1.82) is 0 Å². The van der Waals surface area contributed by atoms with Crippen LogP contribution in [0.1, 0.15) is 151 Å². The van der Waals surface area contributed by atoms with Gasteiger partial charge in [-0.15, -0.1) is 0 Å². The summed E-state index contributed by atoms with van der Waals surface area (Å²) in [5, 5.41) is 7.28. The first-order chi connectivity index (χ1) is 25.6. The van der Waals surface area contributed by atoms with Crippen molar-refractivity contribution in [1.82, 2.24) is 10.6 Å². The number of esters is 2. The number of carbonyl (C=O) groups excluding carboxylic acids is 2. The highest BCUT2D eigenvalue weighted by Gasteiger charge is 2.29. The van der Waals surface area contributed by atoms with Crippen LogP contribution in [0.15, 0.2) is 48.5 Å². The molecule has 0 heterocycles. The van der Waals surface area contributed by atoms with Crippen molar-refractivity contribution in [2.24, 2.45) is 0 Å². The van der Waals surface area contributed by atoms with Crippen LogP contribution in [0.3, 0.4) is 0 Å². The maximum absolute atomic E-state index is 13.5. The van der Waals surface area contributed by atoms with Gasteiger partial charge in [0.2, 0.25) is 0 Å². The molecule has 0 bridgehead atoms. The van der Waals surface area contributed by atoms with Gasteiger partial charge in [-0.25, -0.2) is 9.59 Å². The summed E-state index contributed by atoms with van der Waals surface area (Å²) in [4.78, 5) is 27.0. The second kappa shape index (κ2) is 21.0. The van der Waals surface area contributed by atoms with E-state index in [4.69, 9.17) is 18.9 Å². The van der Waals surface area contributed by atoms with Crippen molar-refractivity contribution in [2.45, 2.75) is 165 Å². The van der Waals surface area contributed by atoms with Gasteiger partial charge in [0, 0.05) is 25.2 Å². The van der Waals surface area contributed by atoms with Crippen LogP contribution in [0.4, 0.5) is 0 Å². The molecular formula is C44H64N2O6. The van der Waals surface area contributed by atoms with Gasteiger partial charge in [0.1, 0.15) is 36.9 Å². The molecule has 0 aromatic heterocycles. The molecule has 0 spiro atoms. The Balaban J connectivity index is 1.10. The zero-order valence-corrected chi connectivity index (χ0v) is 31.5. The van der Waals surface area contributed by atoms with E-state index in [-0.39, 0.29) is 13.2 Å². The summed E-state index contributed by atoms with van der Waals surface area (Å²) in [6, 6.07) is 17.2. The van der Waals surface area contributed by atoms with Crippen molar-refractivity contribution in [3.63, 3.8) is 0 Å². The van der Waals surface area contributed by atoms with Crippen molar-refractivity contribution in [2.75, 3.05) is 26.3 Å². The van der Waals surface area contributed by atoms with Gasteiger partial charge in [-0.05, 0) is 86.5 Å². The topological polar surface area (TPSA) is 95.1 Å². The SMILES string of the molecule is O=C(OC(CNC1CCCCCC1)COc1ccccc1C1CCCC1)C(=O)OC(CNC1CCCCCC1)COc1ccccc1C1CCCC1. The largest absolute Gasteiger partial charge is 0.489 e. The molecule has 286 valence electrons. The minimum absolute atomic E-state index is 0.163. The van der Waals surface area contributed by atoms with Gasteiger partial charge in [0.15, 0.2) is 0 Å². The average Bonchev–Trinajstić information content (AvgIpc) is 3.78. The fraction of sp³-hybridized carbons (Fsp3) is 0.682. The molecule has 52 heavy (non-hydrogen) atoms. The van der Waals surface area contributed by atoms with E-state index in [0.29, 0.717) is 37.0 Å². The lowest BCUT2D eigenvalue weighted by Crippen LogP contribution is -2.44. The van der Waals surface area contributed by atoms with Crippen LogP contribution in [0.2, 0.25) is 0 Å². The van der Waals surface area contributed by atoms with Crippen molar-refractivity contribution in [3.8, 4) is 11.5 Å². The first-order valence-electron chi connectivity index (χ1n) is 20.9. The van der Waals surface area contributed by atoms with E-state index < -0.39 is 24.1 Å². The molecule has 2 atom stereocenters. The molecule has 0 aliphatic heterocycles. The molecule has 4 aliphatic rings. The van der Waals surface area contributed by atoms with Crippen LogP contribution in [0, 0.1) is 0 Å². The van der Waals surface area contributed by atoms with Crippen LogP contribution in [0.5, 0.6) is 11.5 Å². The zero-order valence-electron chi connectivity index (χ0n) is 31.5. The van der Waals surface area contributed by atoms with Gasteiger partial charge in [-0.2, -0.15) is 0 Å². The summed E-state index contributed by atoms with van der Waals surface area (Å²) >= 11 is 0. The fourth-order valence-electron chi connectivity index (χ4n) is 8.97. The zero-order chi connectivity index (χ0) is 35.8. The van der Waals surface area contributed by atoms with E-state index in [1.165, 1.54) is 114 Å². The van der Waals surface area contributed by atoms with Crippen LogP contribution < -0.4 is 20.1 Å². The molecule has 4 aliphatic carbocycles. The smallest absolute Gasteiger partial charge is 0.417 e. The molecule has 4 saturated carbocycles. The predicted octanol–water partition coefficient (Wildman–Crippen LogP) is 8.91. The lowest BCUT2D eigenvalue weighted by atomic mass is 9.97. The quantitative estimate of drug-likeness (QED) is 0.101. The van der Waals surface area contributed by atoms with E-state index in [1.54, 1.807) is 0 Å². The summed E-state index contributed by atoms with van der Waals surface area (Å²) in [7, 11) is 0. The minimum Gasteiger partial charge on any atom is -0.489 e. The Bertz CT molecular complexity index is 1250. The van der Waals surface area contributed by atoms with E-state index in [2.05, 4.69) is 34.9 Å². The lowest BCUT2D eigenvalue weighted by Gasteiger charge is -2.25. The summed E-state index contributed by atoms with van der Waals surface area (Å²) < 4.78 is 24.6. The molecule has 2 aromatic rings. The van der Waals surface area contributed by atoms with Crippen LogP contribution in [-0.4, -0.2) is 62.5 Å². The molecule has 0 radical (unpaired) electrons. The molecule has 6 rings (SSSR count). The van der Waals surface area contributed by atoms with Gasteiger partial charge in [0.05, 0.1) is 0 Å². The van der Waals surface area contributed by atoms with Crippen molar-refractivity contribution in [3.05, 3.63) is 59.7 Å². The molecule has 0 saturated heterocycles. The highest BCUT2D eigenvalue weighted by atomic mass is 16.6. The molecule has 8 heteroatoms. The Hall–Kier alpha value is -3.10. The molecule has 2 aromatic carbocycles. The molecule has 2 unspecified atom stereocenters. The van der Waals surface area contributed by atoms with E-state index in [0.717, 1.165) is 37.2 Å². The second-order valence-corrected chi connectivity index (χ2v) is 15.9. The number of para-hydroxylation sites is 2. The molecule has 8 nitrogen and oxygen atoms in total. The van der Waals surface area contributed by atoms with Gasteiger partial charge in [-0.3, -0.25) is 0 Å². The number of ether oxygens (including phenoxy) is 4. The second-order valence-electron chi connectivity index (χ2n) is 15.9. The lowest BCUT2D eigenvalue weighted by molar-refractivity contribution is -0.175. The number of benzene rings is 2. The molecule has 4 fully saturated rings. The fourth-order valence-corrected chi connectivity index (χ4v) is 8.97. The van der Waals surface area contributed by atoms with Crippen LogP contribution in [0.25, 0.3) is 0 Å². The van der Waals surface area contributed by atoms with Gasteiger partial charge >= 0.3 is 11.9 Å². The minimum atomic E-state index is -0.980. The van der Waals surface area contributed by atoms with Gasteiger partial charge in [-0.1, -0.05) is 113 Å². The van der Waals surface area contributed by atoms with Crippen molar-refractivity contribution >= 4 is 11.9 Å². The number of carbonyl (C=O) groups is 2. The normalized spacial score (nSPS) is 20.8. The Labute approximate surface area is 312 Å². The third-order valence-electron chi connectivity index (χ3n) is 12.0. The molecular weight excluding hydrogens is 652 g/mol. The average molecular weight is 717 g/mol. The Morgan fingerprint density at radius 1 is 0.500 bits per heavy atom. The van der Waals surface area contributed by atoms with Crippen molar-refractivity contribution < 1.29 is 28.5 Å². The first-order valence-corrected chi connectivity index (χ1v) is 20.9. The standard InChI is InChI=1S/C44H64N2O6/c47-43(51-37(29-45-35-21-5-1-2-6-22-35)31-49-41-27-15-13-25-39(41)33-17-9-10-18-33)44(48)52-38(30-46-36-23-7-3-4-8-24-36)32-50-42-28-16-14-26-40(42)34-19-11-12-20-34/h13-16,25-28,33-38,45-46H,1-12,17-24,29-32H2. The summed E-state index contributed by atoms with van der Waals surface area (Å²) in [5.74, 6) is 0.705. The van der Waals surface area contributed by atoms with E-state index >= 15 is 0 Å². The number of rotatable bonds is 16. The highest BCUT2D eigenvalue weighted by molar-refractivity contribution is 6.29. The van der Waals surface area contributed by atoms with Crippen LogP contribution >= 0.6 is 0 Å². The Morgan fingerprint density at radius 3 is 1.23 bits per heavy atom. The van der Waals surface area contributed by atoms with E-state index in [1.807, 2.05) is 24.3 Å². The monoisotopic (exact) mass is 716 g/mol. The molecule has 2 N–H and O–H groups in total. The van der Waals surface area contributed by atoms with Gasteiger partial charge < -0.3 is 29.6 Å². The van der Waals surface area contributed by atoms with E-state index in [9.17, 15) is 9.59 Å². The van der Waals surface area contributed by atoms with Gasteiger partial charge in [0.25, 0.3) is 0 Å². The molecule has 0 amide bonds. The number of hydrogen-bond acceptors (Lipinski definition) is 8. The summed E-state index contributed by atoms with van der Waals surface area (Å²) in [5.41, 5.74) is 2.44. The Morgan fingerprint density at radius 2 is 0.846 bits per heavy atom. The predicted molar refractivity (Wildman–Crippen MR) is 205 cm³/mol. The number of hydrogen-bond donors (Lipinski definition) is 2. The summed E-state index contributed by atoms with van der Waals surface area (Å²) in [6.45, 7) is 1.17. The van der Waals surface area contributed by atoms with Crippen LogP contribution in [-0.2, 0) is 19.1 Å². The Kier molecular flexibility index (Phi) is 15.6. The highest BCUT2D eigenvalue weighted by Crippen LogP contribution is 2.39. The number of nitrogens with one attached hydrogen (secondary N) is 2.